The Morgan fingerprint density at radius 3 is 2.28 bits per heavy atom. The molecule has 4 aromatic carbocycles. The standard InChI is InChI=1S/C25H31F3O5S.C25H37NO4.C11H8O3/c1-5-20(31)33-25(21(32)34-12-26)13(2)8-15-16-10-18(27)17-9-14(29)6-7-22(17,3)24(16,28)19(30)11-23(15,25)4;27-20-23-18-22(13-14-24(23)28)25(29)19-26-15-7-1-2-8-16-30-17-9-6-12-21-10-4-3-5-11-21;12-10-8-4-2-1-3-7(8)5-6-9(10)11(13)14/h6-7,9,13,15-16,18-19,30H,5,8,10-12H2,1-4H3;3-5,10-11,13-14,18,25-29H,1-2,6-9,12,15-17,19-20H2;1-6,12H,(H,13,14)/t13-,15+,16+,18+,19+,22+,23+,24+,25+;25-;/m11./s1. The Morgan fingerprint density at radius 1 is 0.897 bits per heavy atom. The fraction of sp³-hybridized carbons (Fsp3) is 0.508. The molecule has 3 fully saturated rings. The van der Waals surface area contributed by atoms with E-state index in [1.54, 1.807) is 51.1 Å². The van der Waals surface area contributed by atoms with Crippen molar-refractivity contribution in [3.8, 4) is 11.5 Å². The van der Waals surface area contributed by atoms with Crippen LogP contribution >= 0.6 is 11.8 Å². The summed E-state index contributed by atoms with van der Waals surface area (Å²) in [4.78, 5) is 48.5. The Hall–Kier alpha value is -5.56. The zero-order valence-electron chi connectivity index (χ0n) is 45.0. The number of aromatic carboxylic acids is 1. The molecule has 0 bridgehead atoms. The normalized spacial score (nSPS) is 27.2. The van der Waals surface area contributed by atoms with Gasteiger partial charge in [-0.05, 0) is 135 Å². The number of carboxylic acid groups (broad SMARTS) is 1. The van der Waals surface area contributed by atoms with Crippen molar-refractivity contribution >= 4 is 45.4 Å². The first-order valence-corrected chi connectivity index (χ1v) is 28.0. The number of rotatable bonds is 21. The van der Waals surface area contributed by atoms with E-state index < -0.39 is 87.1 Å². The lowest BCUT2D eigenvalue weighted by atomic mass is 9.44. The second-order valence-corrected chi connectivity index (χ2v) is 22.2. The van der Waals surface area contributed by atoms with Crippen LogP contribution in [-0.4, -0.2) is 109 Å². The number of ketones is 1. The molecule has 0 unspecified atom stereocenters. The van der Waals surface area contributed by atoms with Gasteiger partial charge in [-0.3, -0.25) is 14.4 Å². The Balaban J connectivity index is 0.000000204. The summed E-state index contributed by atoms with van der Waals surface area (Å²) in [5.74, 6) is -4.53. The van der Waals surface area contributed by atoms with Crippen LogP contribution in [0.1, 0.15) is 125 Å². The van der Waals surface area contributed by atoms with Gasteiger partial charge in [0.2, 0.25) is 5.12 Å². The van der Waals surface area contributed by atoms with Crippen molar-refractivity contribution in [2.75, 3.05) is 32.3 Å². The summed E-state index contributed by atoms with van der Waals surface area (Å²) in [6, 6.07) is 24.6. The van der Waals surface area contributed by atoms with E-state index >= 15 is 8.78 Å². The van der Waals surface area contributed by atoms with Crippen LogP contribution in [0, 0.1) is 28.6 Å². The van der Waals surface area contributed by atoms with Crippen LogP contribution in [0.2, 0.25) is 0 Å². The summed E-state index contributed by atoms with van der Waals surface area (Å²) >= 11 is 0.396. The number of allylic oxidation sites excluding steroid dienone is 4. The molecule has 4 aromatic rings. The van der Waals surface area contributed by atoms with E-state index in [2.05, 4.69) is 35.6 Å². The van der Waals surface area contributed by atoms with Gasteiger partial charge in [0.25, 0.3) is 0 Å². The van der Waals surface area contributed by atoms with Gasteiger partial charge >= 0.3 is 11.9 Å². The third-order valence-corrected chi connectivity index (χ3v) is 17.3. The number of hydrogen-bond donors (Lipinski definition) is 7. The number of esters is 1. The number of aliphatic hydroxyl groups excluding tert-OH is 3. The second kappa shape index (κ2) is 27.5. The summed E-state index contributed by atoms with van der Waals surface area (Å²) in [5.41, 5.74) is -4.37. The van der Waals surface area contributed by atoms with Crippen LogP contribution in [0.3, 0.4) is 0 Å². The smallest absolute Gasteiger partial charge is 0.339 e. The number of halogens is 3. The Morgan fingerprint density at radius 2 is 1.59 bits per heavy atom. The number of carbonyl (C=O) groups is 4. The van der Waals surface area contributed by atoms with Crippen LogP contribution in [0.25, 0.3) is 10.8 Å². The van der Waals surface area contributed by atoms with E-state index in [1.165, 1.54) is 43.2 Å². The van der Waals surface area contributed by atoms with Crippen molar-refractivity contribution in [2.24, 2.45) is 28.6 Å². The predicted molar refractivity (Wildman–Crippen MR) is 294 cm³/mol. The molecular weight excluding hydrogens is 1030 g/mol. The fourth-order valence-electron chi connectivity index (χ4n) is 12.4. The number of thioether (sulfide) groups is 1. The molecule has 8 rings (SSSR count). The van der Waals surface area contributed by atoms with Gasteiger partial charge in [-0.25, -0.2) is 18.0 Å². The summed E-state index contributed by atoms with van der Waals surface area (Å²) in [6.07, 6.45) is 7.40. The third kappa shape index (κ3) is 13.2. The lowest BCUT2D eigenvalue weighted by Gasteiger charge is -2.63. The number of benzene rings is 4. The molecule has 424 valence electrons. The maximum Gasteiger partial charge on any atom is 0.339 e. The van der Waals surface area contributed by atoms with Crippen molar-refractivity contribution in [1.29, 1.82) is 0 Å². The summed E-state index contributed by atoms with van der Waals surface area (Å²) in [6.45, 7) is 9.22. The third-order valence-electron chi connectivity index (χ3n) is 16.6. The zero-order chi connectivity index (χ0) is 56.8. The van der Waals surface area contributed by atoms with E-state index in [0.29, 0.717) is 34.8 Å². The highest BCUT2D eigenvalue weighted by Crippen LogP contribution is 2.72. The topological polar surface area (TPSA) is 220 Å². The van der Waals surface area contributed by atoms with Crippen LogP contribution < -0.4 is 5.32 Å². The monoisotopic (exact) mass is 1100 g/mol. The molecular formula is C61H76F3NO12S. The molecule has 13 nitrogen and oxygen atoms in total. The molecule has 0 spiro atoms. The van der Waals surface area contributed by atoms with Gasteiger partial charge in [-0.2, -0.15) is 0 Å². The fourth-order valence-corrected chi connectivity index (χ4v) is 13.2. The van der Waals surface area contributed by atoms with E-state index in [9.17, 15) is 49.1 Å². The molecule has 7 N–H and O–H groups in total. The number of fused-ring (bicyclic) bond motifs is 6. The number of aromatic hydroxyl groups is 2. The van der Waals surface area contributed by atoms with Crippen molar-refractivity contribution in [1.82, 2.24) is 5.32 Å². The van der Waals surface area contributed by atoms with Crippen LogP contribution in [0.15, 0.2) is 109 Å². The van der Waals surface area contributed by atoms with Gasteiger partial charge < -0.3 is 45.4 Å². The zero-order valence-corrected chi connectivity index (χ0v) is 45.8. The Kier molecular flexibility index (Phi) is 21.8. The van der Waals surface area contributed by atoms with Crippen LogP contribution in [-0.2, 0) is 36.9 Å². The van der Waals surface area contributed by atoms with Gasteiger partial charge in [0.15, 0.2) is 17.1 Å². The van der Waals surface area contributed by atoms with Gasteiger partial charge in [0.1, 0.15) is 29.2 Å². The first-order chi connectivity index (χ1) is 37.2. The quantitative estimate of drug-likeness (QED) is 0.0305. The molecule has 0 radical (unpaired) electrons. The number of ether oxygens (including phenoxy) is 2. The molecule has 0 aliphatic heterocycles. The number of phenols is 2. The average molecular weight is 1100 g/mol. The predicted octanol–water partition coefficient (Wildman–Crippen LogP) is 10.8. The highest BCUT2D eigenvalue weighted by atomic mass is 32.2. The van der Waals surface area contributed by atoms with E-state index in [-0.39, 0.29) is 54.9 Å². The van der Waals surface area contributed by atoms with Crippen molar-refractivity contribution in [3.63, 3.8) is 0 Å². The minimum absolute atomic E-state index is 0.0141. The Labute approximate surface area is 459 Å². The Bertz CT molecular complexity index is 2760. The summed E-state index contributed by atoms with van der Waals surface area (Å²) < 4.78 is 57.6. The number of nitrogens with one attached hydrogen (secondary N) is 1. The summed E-state index contributed by atoms with van der Waals surface area (Å²) in [5, 5.41) is 62.8. The molecule has 78 heavy (non-hydrogen) atoms. The van der Waals surface area contributed by atoms with E-state index in [0.717, 1.165) is 69.7 Å². The number of carbonyl (C=O) groups excluding carboxylic acids is 3. The molecule has 0 amide bonds. The maximum atomic E-state index is 17.2. The van der Waals surface area contributed by atoms with Crippen LogP contribution in [0.5, 0.6) is 11.5 Å². The molecule has 10 atom stereocenters. The lowest BCUT2D eigenvalue weighted by Crippen LogP contribution is -2.70. The minimum Gasteiger partial charge on any atom is -0.508 e. The average Bonchev–Trinajstić information content (AvgIpc) is 2.46. The van der Waals surface area contributed by atoms with Crippen molar-refractivity contribution in [3.05, 3.63) is 131 Å². The maximum absolute atomic E-state index is 17.2. The number of aliphatic hydroxyl groups is 3. The van der Waals surface area contributed by atoms with Crippen molar-refractivity contribution < 1.29 is 72.5 Å². The molecule has 4 aliphatic carbocycles. The number of unbranched alkanes of at least 4 members (excludes halogenated alkanes) is 4. The number of aryl methyl sites for hydroxylation is 1. The second-order valence-electron chi connectivity index (χ2n) is 21.3. The highest BCUT2D eigenvalue weighted by molar-refractivity contribution is 8.13. The first kappa shape index (κ1) is 61.6. The van der Waals surface area contributed by atoms with E-state index in [4.69, 9.17) is 14.6 Å². The number of hydrogen-bond acceptors (Lipinski definition) is 13. The van der Waals surface area contributed by atoms with Gasteiger partial charge in [-0.1, -0.05) is 106 Å². The highest BCUT2D eigenvalue weighted by Gasteiger charge is 2.78. The number of carboxylic acids is 1. The number of alkyl halides is 3. The van der Waals surface area contributed by atoms with Crippen molar-refractivity contribution in [2.45, 2.75) is 135 Å². The molecule has 0 heterocycles. The molecule has 0 saturated heterocycles. The van der Waals surface area contributed by atoms with Gasteiger partial charge in [0.05, 0.1) is 18.8 Å². The molecule has 4 aliphatic rings. The molecule has 17 heteroatoms. The lowest BCUT2D eigenvalue weighted by molar-refractivity contribution is -0.228. The summed E-state index contributed by atoms with van der Waals surface area (Å²) in [7, 11) is 0. The molecule has 3 saturated carbocycles. The molecule has 0 aromatic heterocycles. The largest absolute Gasteiger partial charge is 0.508 e. The van der Waals surface area contributed by atoms with Gasteiger partial charge in [-0.15, -0.1) is 0 Å². The van der Waals surface area contributed by atoms with E-state index in [1.807, 2.05) is 12.1 Å². The first-order valence-electron chi connectivity index (χ1n) is 27.0. The van der Waals surface area contributed by atoms with Gasteiger partial charge in [0, 0.05) is 59.8 Å². The minimum atomic E-state index is -2.30. The van der Waals surface area contributed by atoms with Crippen LogP contribution in [0.4, 0.5) is 13.2 Å². The SMILES string of the molecule is CCC(=O)O[C@]1(C(=O)SCF)[C@H](C)C[C@H]2[C@@H]3C[C@H](F)C4=CC(=O)C=C[C@]4(C)[C@@]3(F)[C@@H](O)C[C@@]21C.O=C(O)c1ccc2ccccc2c1O.OCc1cc([C@H](O)CNCCCCCCOCCCCc2ccccc2)ccc1O.